The predicted molar refractivity (Wildman–Crippen MR) is 148 cm³/mol. The first kappa shape index (κ1) is 31.9. The van der Waals surface area contributed by atoms with Crippen molar-refractivity contribution >= 4 is 57.9 Å². The lowest BCUT2D eigenvalue weighted by Gasteiger charge is -2.14. The van der Waals surface area contributed by atoms with Crippen LogP contribution in [0.5, 0.6) is 0 Å². The lowest BCUT2D eigenvalue weighted by Crippen LogP contribution is -2.39. The Morgan fingerprint density at radius 2 is 1.52 bits per heavy atom. The number of rotatable bonds is 3. The number of Topliss-reactive ketones (excluding diaryl/α,β-unsaturated/α-hetero) is 2. The van der Waals surface area contributed by atoms with E-state index in [-0.39, 0.29) is 5.91 Å². The number of halogens is 7. The average Bonchev–Trinajstić information content (AvgIpc) is 2.98. The van der Waals surface area contributed by atoms with Gasteiger partial charge in [-0.3, -0.25) is 19.4 Å². The van der Waals surface area contributed by atoms with E-state index in [0.717, 1.165) is 41.0 Å². The van der Waals surface area contributed by atoms with Crippen molar-refractivity contribution in [1.82, 2.24) is 15.0 Å². The van der Waals surface area contributed by atoms with Crippen molar-refractivity contribution < 1.29 is 40.7 Å². The molecule has 2 aromatic carbocycles. The third-order valence-electron chi connectivity index (χ3n) is 5.87. The van der Waals surface area contributed by atoms with E-state index in [1.807, 2.05) is 30.3 Å². The van der Waals surface area contributed by atoms with Crippen molar-refractivity contribution in [3.8, 4) is 0 Å². The zero-order valence-electron chi connectivity index (χ0n) is 22.1. The zero-order chi connectivity index (χ0) is 32.1. The fourth-order valence-electron chi connectivity index (χ4n) is 3.81. The molecule has 2 aromatic heterocycles. The standard InChI is InChI=1S/C24H19ClN6O.C4F6O2/c25-20-14-27-24-29-18-5-1-3-15(11-18)6-7-16-12-19(28-22(20)31-24)8-9-21(16)30-23(32)17-4-2-10-26-13-17;5-3(6,7)1(11)2(12)4(8,9)10/h1-5,8-14H,6-7H2,(H,30,32)(H2,27,28,29,31);. The second-order valence-electron chi connectivity index (χ2n) is 9.06. The van der Waals surface area contributed by atoms with Gasteiger partial charge in [-0.25, -0.2) is 4.98 Å². The molecule has 0 saturated heterocycles. The Kier molecular flexibility index (Phi) is 9.47. The van der Waals surface area contributed by atoms with Crippen LogP contribution in [0, 0.1) is 0 Å². The summed E-state index contributed by atoms with van der Waals surface area (Å²) in [6.45, 7) is 0. The van der Waals surface area contributed by atoms with Gasteiger partial charge in [0.25, 0.3) is 5.91 Å². The number of nitrogens with one attached hydrogen (secondary N) is 3. The summed E-state index contributed by atoms with van der Waals surface area (Å²) in [5, 5.41) is 9.92. The first-order valence-corrected chi connectivity index (χ1v) is 12.8. The molecule has 1 aliphatic heterocycles. The Morgan fingerprint density at radius 3 is 2.18 bits per heavy atom. The Morgan fingerprint density at radius 1 is 0.818 bits per heavy atom. The number of benzene rings is 2. The number of alkyl halides is 6. The van der Waals surface area contributed by atoms with E-state index in [9.17, 15) is 40.7 Å². The van der Waals surface area contributed by atoms with Gasteiger partial charge < -0.3 is 16.0 Å². The number of hydrogen-bond acceptors (Lipinski definition) is 8. The van der Waals surface area contributed by atoms with Gasteiger partial charge in [-0.15, -0.1) is 0 Å². The van der Waals surface area contributed by atoms with E-state index in [1.165, 1.54) is 0 Å². The molecule has 0 radical (unpaired) electrons. The summed E-state index contributed by atoms with van der Waals surface area (Å²) in [6, 6.07) is 17.4. The molecule has 3 N–H and O–H groups in total. The van der Waals surface area contributed by atoms with Crippen molar-refractivity contribution in [1.29, 1.82) is 0 Å². The number of nitrogens with zero attached hydrogens (tertiary/aromatic N) is 3. The van der Waals surface area contributed by atoms with Gasteiger partial charge in [0, 0.05) is 29.5 Å². The van der Waals surface area contributed by atoms with Crippen molar-refractivity contribution in [3.05, 3.63) is 94.9 Å². The van der Waals surface area contributed by atoms with Crippen LogP contribution in [0.2, 0.25) is 5.02 Å². The molecular weight excluding hydrogens is 618 g/mol. The fourth-order valence-corrected chi connectivity index (χ4v) is 3.95. The normalized spacial score (nSPS) is 12.4. The minimum absolute atomic E-state index is 0.201. The predicted octanol–water partition coefficient (Wildman–Crippen LogP) is 6.61. The number of ketones is 2. The van der Waals surface area contributed by atoms with Crippen LogP contribution in [0.4, 0.5) is 55.2 Å². The largest absolute Gasteiger partial charge is 0.458 e. The van der Waals surface area contributed by atoms with Crippen LogP contribution in [-0.2, 0) is 22.4 Å². The molecule has 0 saturated carbocycles. The van der Waals surface area contributed by atoms with Gasteiger partial charge in [0.05, 0.1) is 11.8 Å². The number of anilines is 5. The van der Waals surface area contributed by atoms with Gasteiger partial charge in [-0.05, 0) is 66.4 Å². The number of amides is 1. The number of fused-ring (bicyclic) bond motifs is 6. The summed E-state index contributed by atoms with van der Waals surface area (Å²) >= 11 is 6.32. The van der Waals surface area contributed by atoms with Crippen LogP contribution in [0.1, 0.15) is 21.5 Å². The van der Waals surface area contributed by atoms with E-state index in [4.69, 9.17) is 11.6 Å². The summed E-state index contributed by atoms with van der Waals surface area (Å²) in [4.78, 5) is 44.7. The molecule has 3 heterocycles. The maximum absolute atomic E-state index is 12.7. The number of carbonyl (C=O) groups excluding carboxylic acids is 3. The Hall–Kier alpha value is -5.05. The molecule has 6 bridgehead atoms. The smallest absolute Gasteiger partial charge is 0.339 e. The molecule has 0 fully saturated rings. The number of aromatic nitrogens is 3. The van der Waals surface area contributed by atoms with Crippen LogP contribution in [-0.4, -0.2) is 44.8 Å². The van der Waals surface area contributed by atoms with Crippen molar-refractivity contribution in [3.63, 3.8) is 0 Å². The lowest BCUT2D eigenvalue weighted by atomic mass is 10.0. The maximum atomic E-state index is 12.7. The van der Waals surface area contributed by atoms with Gasteiger partial charge in [-0.2, -0.15) is 31.3 Å². The number of hydrogen-bond donors (Lipinski definition) is 3. The molecule has 44 heavy (non-hydrogen) atoms. The van der Waals surface area contributed by atoms with Crippen LogP contribution in [0.3, 0.4) is 0 Å². The first-order chi connectivity index (χ1) is 20.7. The topological polar surface area (TPSA) is 126 Å². The Bertz CT molecular complexity index is 1680. The van der Waals surface area contributed by atoms with Crippen molar-refractivity contribution in [2.45, 2.75) is 25.2 Å². The minimum atomic E-state index is -5.77. The minimum Gasteiger partial charge on any atom is -0.339 e. The number of aryl methyl sites for hydroxylation is 2. The van der Waals surface area contributed by atoms with Crippen LogP contribution >= 0.6 is 11.6 Å². The van der Waals surface area contributed by atoms with Gasteiger partial charge in [-0.1, -0.05) is 23.7 Å². The van der Waals surface area contributed by atoms with Gasteiger partial charge in [0.15, 0.2) is 5.82 Å². The maximum Gasteiger partial charge on any atom is 0.458 e. The van der Waals surface area contributed by atoms with Gasteiger partial charge in [0.1, 0.15) is 5.02 Å². The highest BCUT2D eigenvalue weighted by Gasteiger charge is 2.54. The molecule has 0 spiro atoms. The first-order valence-electron chi connectivity index (χ1n) is 12.4. The second kappa shape index (κ2) is 13.1. The molecule has 0 unspecified atom stereocenters. The zero-order valence-corrected chi connectivity index (χ0v) is 22.8. The van der Waals surface area contributed by atoms with E-state index < -0.39 is 23.9 Å². The summed E-state index contributed by atoms with van der Waals surface area (Å²) < 4.78 is 67.0. The molecule has 9 nitrogen and oxygen atoms in total. The third-order valence-corrected chi connectivity index (χ3v) is 6.15. The average molecular weight is 637 g/mol. The molecule has 4 aromatic rings. The Balaban J connectivity index is 0.000000314. The summed E-state index contributed by atoms with van der Waals surface area (Å²) in [6.07, 6.45) is -5.26. The highest BCUT2D eigenvalue weighted by molar-refractivity contribution is 6.41. The van der Waals surface area contributed by atoms with E-state index in [1.54, 1.807) is 30.7 Å². The molecule has 1 amide bonds. The van der Waals surface area contributed by atoms with Crippen molar-refractivity contribution in [2.75, 3.05) is 16.0 Å². The highest BCUT2D eigenvalue weighted by atomic mass is 35.5. The SMILES string of the molecule is O=C(C(=O)C(F)(F)F)C(F)(F)F.O=C(Nc1ccc2cc1CCc1cccc(c1)Nc1ncc(Cl)c(n1)N2)c1cccnc1. The number of carbonyl (C=O) groups is 3. The highest BCUT2D eigenvalue weighted by Crippen LogP contribution is 2.30. The molecule has 228 valence electrons. The third kappa shape index (κ3) is 8.28. The summed E-state index contributed by atoms with van der Waals surface area (Å²) in [7, 11) is 0. The molecule has 16 heteroatoms. The van der Waals surface area contributed by atoms with Crippen LogP contribution in [0.15, 0.2) is 73.2 Å². The molecular formula is C28H19ClF6N6O3. The van der Waals surface area contributed by atoms with E-state index in [0.29, 0.717) is 22.4 Å². The summed E-state index contributed by atoms with van der Waals surface area (Å²) in [5.74, 6) is -6.07. The summed E-state index contributed by atoms with van der Waals surface area (Å²) in [5.41, 5.74) is 5.12. The fraction of sp³-hybridized carbons (Fsp3) is 0.143. The number of pyridine rings is 1. The van der Waals surface area contributed by atoms with Crippen molar-refractivity contribution in [2.24, 2.45) is 0 Å². The molecule has 0 aliphatic carbocycles. The van der Waals surface area contributed by atoms with Crippen LogP contribution < -0.4 is 16.0 Å². The quantitative estimate of drug-likeness (QED) is 0.169. The van der Waals surface area contributed by atoms with E-state index >= 15 is 0 Å². The molecule has 5 rings (SSSR count). The molecule has 1 aliphatic rings. The monoisotopic (exact) mass is 636 g/mol. The van der Waals surface area contributed by atoms with E-state index in [2.05, 4.69) is 43.0 Å². The molecule has 0 atom stereocenters. The second-order valence-corrected chi connectivity index (χ2v) is 9.47. The van der Waals surface area contributed by atoms with Gasteiger partial charge >= 0.3 is 23.9 Å². The Labute approximate surface area is 249 Å². The van der Waals surface area contributed by atoms with Gasteiger partial charge in [0.2, 0.25) is 5.95 Å². The lowest BCUT2D eigenvalue weighted by molar-refractivity contribution is -0.193. The van der Waals surface area contributed by atoms with Crippen LogP contribution in [0.25, 0.3) is 0 Å².